The SMILES string of the molecule is CC1(C)Oc2cc(Cl)ccc2C(NCCc2ccc(NS(=O)(=O)c3ccc(Br)cc3)cc2)C1O. The summed E-state index contributed by atoms with van der Waals surface area (Å²) in [6.45, 7) is 4.32. The first-order valence-electron chi connectivity index (χ1n) is 10.8. The summed E-state index contributed by atoms with van der Waals surface area (Å²) in [5, 5.41) is 14.9. The van der Waals surface area contributed by atoms with E-state index in [1.807, 2.05) is 32.0 Å². The number of halogens is 2. The van der Waals surface area contributed by atoms with Crippen molar-refractivity contribution >= 4 is 43.2 Å². The Bertz CT molecular complexity index is 1270. The van der Waals surface area contributed by atoms with Crippen molar-refractivity contribution in [1.29, 1.82) is 0 Å². The number of hydrogen-bond acceptors (Lipinski definition) is 5. The number of ether oxygens (including phenoxy) is 1. The van der Waals surface area contributed by atoms with Crippen LogP contribution in [0.5, 0.6) is 5.75 Å². The van der Waals surface area contributed by atoms with E-state index in [9.17, 15) is 13.5 Å². The number of fused-ring (bicyclic) bond motifs is 1. The number of anilines is 1. The summed E-state index contributed by atoms with van der Waals surface area (Å²) < 4.78 is 34.5. The fraction of sp³-hybridized carbons (Fsp3) is 0.280. The molecule has 0 fully saturated rings. The Balaban J connectivity index is 1.39. The number of benzene rings is 3. The molecule has 6 nitrogen and oxygen atoms in total. The molecule has 0 aliphatic carbocycles. The highest BCUT2D eigenvalue weighted by Crippen LogP contribution is 2.40. The maximum Gasteiger partial charge on any atom is 0.261 e. The van der Waals surface area contributed by atoms with Gasteiger partial charge >= 0.3 is 0 Å². The molecule has 1 aliphatic heterocycles. The molecule has 9 heteroatoms. The van der Waals surface area contributed by atoms with Gasteiger partial charge in [-0.2, -0.15) is 0 Å². The molecule has 180 valence electrons. The molecule has 0 saturated carbocycles. The standard InChI is InChI=1S/C25H26BrClN2O4S/c1-25(2)24(30)23(21-12-7-18(27)15-22(21)33-25)28-14-13-16-3-8-19(9-4-16)29-34(31,32)20-10-5-17(26)6-11-20/h3-12,15,23-24,28-30H,13-14H2,1-2H3. The van der Waals surface area contributed by atoms with E-state index in [0.717, 1.165) is 15.6 Å². The van der Waals surface area contributed by atoms with Crippen molar-refractivity contribution < 1.29 is 18.3 Å². The van der Waals surface area contributed by atoms with Crippen LogP contribution in [0.15, 0.2) is 76.1 Å². The molecule has 0 radical (unpaired) electrons. The lowest BCUT2D eigenvalue weighted by Gasteiger charge is -2.42. The van der Waals surface area contributed by atoms with Crippen LogP contribution < -0.4 is 14.8 Å². The fourth-order valence-corrected chi connectivity index (χ4v) is 5.41. The van der Waals surface area contributed by atoms with Gasteiger partial charge in [-0.3, -0.25) is 4.72 Å². The van der Waals surface area contributed by atoms with E-state index in [0.29, 0.717) is 29.4 Å². The number of rotatable bonds is 7. The van der Waals surface area contributed by atoms with Crippen LogP contribution in [0.25, 0.3) is 0 Å². The van der Waals surface area contributed by atoms with Crippen molar-refractivity contribution in [2.24, 2.45) is 0 Å². The van der Waals surface area contributed by atoms with Crippen LogP contribution in [0.4, 0.5) is 5.69 Å². The Morgan fingerprint density at radius 3 is 2.41 bits per heavy atom. The summed E-state index contributed by atoms with van der Waals surface area (Å²) in [6, 6.07) is 18.9. The third kappa shape index (κ3) is 5.58. The van der Waals surface area contributed by atoms with Gasteiger partial charge in [0.25, 0.3) is 10.0 Å². The smallest absolute Gasteiger partial charge is 0.261 e. The zero-order valence-electron chi connectivity index (χ0n) is 18.8. The van der Waals surface area contributed by atoms with Crippen LogP contribution >= 0.6 is 27.5 Å². The van der Waals surface area contributed by atoms with E-state index in [4.69, 9.17) is 16.3 Å². The highest BCUT2D eigenvalue weighted by Gasteiger charge is 2.42. The van der Waals surface area contributed by atoms with Gasteiger partial charge < -0.3 is 15.2 Å². The molecule has 34 heavy (non-hydrogen) atoms. The molecule has 3 N–H and O–H groups in total. The zero-order chi connectivity index (χ0) is 24.5. The van der Waals surface area contributed by atoms with Gasteiger partial charge in [0, 0.05) is 20.7 Å². The molecule has 0 bridgehead atoms. The first-order valence-corrected chi connectivity index (χ1v) is 13.5. The summed E-state index contributed by atoms with van der Waals surface area (Å²) in [4.78, 5) is 0.198. The average molecular weight is 566 g/mol. The molecule has 3 aromatic rings. The van der Waals surface area contributed by atoms with E-state index in [1.165, 1.54) is 0 Å². The number of sulfonamides is 1. The van der Waals surface area contributed by atoms with Crippen molar-refractivity contribution in [3.8, 4) is 5.75 Å². The predicted molar refractivity (Wildman–Crippen MR) is 138 cm³/mol. The van der Waals surface area contributed by atoms with Crippen LogP contribution in [-0.2, 0) is 16.4 Å². The highest BCUT2D eigenvalue weighted by atomic mass is 79.9. The summed E-state index contributed by atoms with van der Waals surface area (Å²) in [5.74, 6) is 0.669. The molecule has 1 aliphatic rings. The third-order valence-corrected chi connectivity index (χ3v) is 7.98. The summed E-state index contributed by atoms with van der Waals surface area (Å²) in [5.41, 5.74) is 1.64. The van der Waals surface area contributed by atoms with Gasteiger partial charge in [-0.05, 0) is 80.9 Å². The minimum atomic E-state index is -3.66. The van der Waals surface area contributed by atoms with Gasteiger partial charge in [-0.15, -0.1) is 0 Å². The van der Waals surface area contributed by atoms with E-state index < -0.39 is 21.7 Å². The quantitative estimate of drug-likeness (QED) is 0.361. The molecular weight excluding hydrogens is 540 g/mol. The second kappa shape index (κ2) is 9.87. The minimum absolute atomic E-state index is 0.198. The van der Waals surface area contributed by atoms with Crippen molar-refractivity contribution in [2.45, 2.75) is 42.9 Å². The predicted octanol–water partition coefficient (Wildman–Crippen LogP) is 5.31. The molecule has 2 atom stereocenters. The summed E-state index contributed by atoms with van der Waals surface area (Å²) in [7, 11) is -3.66. The fourth-order valence-electron chi connectivity index (χ4n) is 3.93. The number of nitrogens with one attached hydrogen (secondary N) is 2. The normalized spacial score (nSPS) is 19.2. The van der Waals surface area contributed by atoms with E-state index in [1.54, 1.807) is 48.5 Å². The van der Waals surface area contributed by atoms with Crippen molar-refractivity contribution in [1.82, 2.24) is 5.32 Å². The van der Waals surface area contributed by atoms with Gasteiger partial charge in [-0.25, -0.2) is 8.42 Å². The van der Waals surface area contributed by atoms with Crippen molar-refractivity contribution in [3.63, 3.8) is 0 Å². The number of hydrogen-bond donors (Lipinski definition) is 3. The Hall–Kier alpha value is -2.10. The Morgan fingerprint density at radius 1 is 1.06 bits per heavy atom. The molecule has 0 spiro atoms. The van der Waals surface area contributed by atoms with Gasteiger partial charge in [0.05, 0.1) is 10.9 Å². The lowest BCUT2D eigenvalue weighted by molar-refractivity contribution is -0.0643. The minimum Gasteiger partial charge on any atom is -0.485 e. The van der Waals surface area contributed by atoms with Gasteiger partial charge in [0.1, 0.15) is 17.5 Å². The Morgan fingerprint density at radius 2 is 1.74 bits per heavy atom. The largest absolute Gasteiger partial charge is 0.485 e. The third-order valence-electron chi connectivity index (χ3n) is 5.82. The van der Waals surface area contributed by atoms with Gasteiger partial charge in [-0.1, -0.05) is 45.7 Å². The Labute approximate surface area is 213 Å². The molecule has 3 aromatic carbocycles. The molecule has 4 rings (SSSR count). The average Bonchev–Trinajstić information content (AvgIpc) is 2.77. The van der Waals surface area contributed by atoms with Crippen LogP contribution in [0.3, 0.4) is 0 Å². The maximum absolute atomic E-state index is 12.6. The highest BCUT2D eigenvalue weighted by molar-refractivity contribution is 9.10. The van der Waals surface area contributed by atoms with Crippen LogP contribution in [0.1, 0.15) is 31.0 Å². The maximum atomic E-state index is 12.6. The zero-order valence-corrected chi connectivity index (χ0v) is 21.9. The van der Waals surface area contributed by atoms with Gasteiger partial charge in [0.2, 0.25) is 0 Å². The van der Waals surface area contributed by atoms with E-state index in [-0.39, 0.29) is 10.9 Å². The topological polar surface area (TPSA) is 87.7 Å². The van der Waals surface area contributed by atoms with E-state index >= 15 is 0 Å². The number of aliphatic hydroxyl groups excluding tert-OH is 1. The van der Waals surface area contributed by atoms with Gasteiger partial charge in [0.15, 0.2) is 0 Å². The first kappa shape index (κ1) is 25.0. The first-order chi connectivity index (χ1) is 16.0. The van der Waals surface area contributed by atoms with Crippen LogP contribution in [-0.4, -0.2) is 31.8 Å². The van der Waals surface area contributed by atoms with Crippen molar-refractivity contribution in [3.05, 3.63) is 87.4 Å². The monoisotopic (exact) mass is 564 g/mol. The molecule has 2 unspecified atom stereocenters. The number of aliphatic hydroxyl groups is 1. The molecule has 0 saturated heterocycles. The summed E-state index contributed by atoms with van der Waals surface area (Å²) in [6.07, 6.45) is -0.0377. The second-order valence-electron chi connectivity index (χ2n) is 8.77. The molecule has 1 heterocycles. The van der Waals surface area contributed by atoms with Crippen LogP contribution in [0.2, 0.25) is 5.02 Å². The summed E-state index contributed by atoms with van der Waals surface area (Å²) >= 11 is 9.43. The second-order valence-corrected chi connectivity index (χ2v) is 11.8. The Kier molecular flexibility index (Phi) is 7.26. The van der Waals surface area contributed by atoms with Crippen LogP contribution in [0, 0.1) is 0 Å². The van der Waals surface area contributed by atoms with Crippen molar-refractivity contribution in [2.75, 3.05) is 11.3 Å². The molecule has 0 aromatic heterocycles. The lowest BCUT2D eigenvalue weighted by Crippen LogP contribution is -2.52. The van der Waals surface area contributed by atoms with E-state index in [2.05, 4.69) is 26.0 Å². The molecule has 0 amide bonds. The lowest BCUT2D eigenvalue weighted by atomic mass is 9.86. The molecular formula is C25H26BrClN2O4S.